The van der Waals surface area contributed by atoms with Gasteiger partial charge >= 0.3 is 6.18 Å². The molecule has 7 nitrogen and oxygen atoms in total. The molecule has 1 aromatic heterocycles. The first-order chi connectivity index (χ1) is 19.2. The summed E-state index contributed by atoms with van der Waals surface area (Å²) in [5.74, 6) is -1.07. The van der Waals surface area contributed by atoms with Crippen molar-refractivity contribution in [2.45, 2.75) is 69.4 Å². The van der Waals surface area contributed by atoms with Gasteiger partial charge < -0.3 is 14.8 Å². The number of alkyl halides is 3. The van der Waals surface area contributed by atoms with E-state index >= 15 is 0 Å². The molecule has 3 aromatic rings. The van der Waals surface area contributed by atoms with Crippen molar-refractivity contribution >= 4 is 22.8 Å². The van der Waals surface area contributed by atoms with E-state index < -0.39 is 12.0 Å². The van der Waals surface area contributed by atoms with Gasteiger partial charge in [-0.15, -0.1) is 0 Å². The zero-order valence-corrected chi connectivity index (χ0v) is 22.5. The summed E-state index contributed by atoms with van der Waals surface area (Å²) in [5, 5.41) is 3.22. The molecular weight excluding hydrogens is 519 g/mol. The Hall–Kier alpha value is -3.40. The van der Waals surface area contributed by atoms with Gasteiger partial charge in [0.15, 0.2) is 0 Å². The molecule has 0 spiro atoms. The zero-order chi connectivity index (χ0) is 28.0. The number of para-hydroxylation sites is 2. The van der Waals surface area contributed by atoms with Crippen molar-refractivity contribution in [1.82, 2.24) is 24.7 Å². The number of rotatable bonds is 7. The Labute approximate surface area is 231 Å². The molecule has 3 atom stereocenters. The predicted molar refractivity (Wildman–Crippen MR) is 144 cm³/mol. The van der Waals surface area contributed by atoms with Gasteiger partial charge in [-0.2, -0.15) is 13.2 Å². The first-order valence-corrected chi connectivity index (χ1v) is 14.1. The fraction of sp³-hybridized carbons (Fsp3) is 0.500. The molecule has 1 N–H and O–H groups in total. The maximum Gasteiger partial charge on any atom is 0.449 e. The van der Waals surface area contributed by atoms with E-state index in [1.807, 2.05) is 30.3 Å². The van der Waals surface area contributed by atoms with Gasteiger partial charge in [0.1, 0.15) is 0 Å². The highest BCUT2D eigenvalue weighted by Gasteiger charge is 2.45. The second kappa shape index (κ2) is 10.5. The minimum absolute atomic E-state index is 0.0198. The van der Waals surface area contributed by atoms with Gasteiger partial charge in [0.25, 0.3) is 0 Å². The predicted octanol–water partition coefficient (Wildman–Crippen LogP) is 4.95. The Kier molecular flexibility index (Phi) is 7.06. The summed E-state index contributed by atoms with van der Waals surface area (Å²) in [6, 6.07) is 16.7. The number of piperidine rings is 1. The van der Waals surface area contributed by atoms with Gasteiger partial charge in [0, 0.05) is 44.7 Å². The first kappa shape index (κ1) is 26.8. The van der Waals surface area contributed by atoms with Crippen LogP contribution in [0.5, 0.6) is 0 Å². The molecule has 3 fully saturated rings. The summed E-state index contributed by atoms with van der Waals surface area (Å²) >= 11 is 0. The van der Waals surface area contributed by atoms with Crippen LogP contribution in [0.25, 0.3) is 11.0 Å². The lowest BCUT2D eigenvalue weighted by Crippen LogP contribution is -2.55. The number of aromatic nitrogens is 2. The van der Waals surface area contributed by atoms with Crippen LogP contribution in [0.15, 0.2) is 54.6 Å². The number of hydrogen-bond acceptors (Lipinski definition) is 4. The zero-order valence-electron chi connectivity index (χ0n) is 22.5. The molecule has 212 valence electrons. The lowest BCUT2D eigenvalue weighted by molar-refractivity contribution is -0.148. The second-order valence-corrected chi connectivity index (χ2v) is 11.4. The fourth-order valence-corrected chi connectivity index (χ4v) is 6.91. The van der Waals surface area contributed by atoms with Gasteiger partial charge in [-0.1, -0.05) is 42.5 Å². The molecule has 3 aliphatic rings. The molecule has 3 saturated heterocycles. The number of nitrogens with zero attached hydrogens (tertiary/aromatic N) is 4. The van der Waals surface area contributed by atoms with E-state index in [2.05, 4.69) is 15.2 Å². The summed E-state index contributed by atoms with van der Waals surface area (Å²) in [7, 11) is 0. The van der Waals surface area contributed by atoms with Crippen molar-refractivity contribution in [3.05, 3.63) is 66.0 Å². The highest BCUT2D eigenvalue weighted by molar-refractivity contribution is 5.84. The summed E-state index contributed by atoms with van der Waals surface area (Å²) < 4.78 is 43.4. The standard InChI is InChI=1S/C30H34F3N5O2/c1-19(39)36-17-21(18-36)28(40)34-25(20-7-3-2-4-8-20)13-14-37-22-11-12-23(37)16-24(15-22)38-27-10-6-5-9-26(27)35-29(38)30(31,32)33/h2-10,21-25H,11-18H2,1H3,(H,34,40)/t22?,23?,24?,25-/m1/s1. The quantitative estimate of drug-likeness (QED) is 0.450. The van der Waals surface area contributed by atoms with E-state index in [-0.39, 0.29) is 41.9 Å². The molecule has 2 bridgehead atoms. The topological polar surface area (TPSA) is 70.5 Å². The minimum Gasteiger partial charge on any atom is -0.349 e. The van der Waals surface area contributed by atoms with Gasteiger partial charge in [-0.25, -0.2) is 4.98 Å². The number of amides is 2. The average molecular weight is 554 g/mol. The lowest BCUT2D eigenvalue weighted by atomic mass is 9.94. The highest BCUT2D eigenvalue weighted by Crippen LogP contribution is 2.44. The van der Waals surface area contributed by atoms with Gasteiger partial charge in [0.05, 0.1) is 23.0 Å². The molecule has 2 amide bonds. The Morgan fingerprint density at radius 3 is 2.27 bits per heavy atom. The molecule has 2 unspecified atom stereocenters. The number of imidazole rings is 1. The van der Waals surface area contributed by atoms with Crippen LogP contribution in [0.4, 0.5) is 13.2 Å². The van der Waals surface area contributed by atoms with Crippen molar-refractivity contribution in [2.24, 2.45) is 5.92 Å². The highest BCUT2D eigenvalue weighted by atomic mass is 19.4. The SMILES string of the molecule is CC(=O)N1CC(C(=O)N[C@H](CCN2C3CCC2CC(n2c(C(F)(F)F)nc4ccccc42)C3)c2ccccc2)C1. The number of carbonyl (C=O) groups is 2. The summed E-state index contributed by atoms with van der Waals surface area (Å²) in [5.41, 5.74) is 1.95. The monoisotopic (exact) mass is 553 g/mol. The lowest BCUT2D eigenvalue weighted by Gasteiger charge is -2.41. The molecule has 6 rings (SSSR count). The Bertz CT molecular complexity index is 1370. The van der Waals surface area contributed by atoms with E-state index in [1.54, 1.807) is 29.2 Å². The van der Waals surface area contributed by atoms with Crippen LogP contribution in [0, 0.1) is 5.92 Å². The van der Waals surface area contributed by atoms with Crippen molar-refractivity contribution < 1.29 is 22.8 Å². The van der Waals surface area contributed by atoms with Crippen molar-refractivity contribution in [1.29, 1.82) is 0 Å². The number of fused-ring (bicyclic) bond motifs is 3. The number of nitrogens with one attached hydrogen (secondary N) is 1. The maximum absolute atomic E-state index is 14.0. The van der Waals surface area contributed by atoms with Gasteiger partial charge in [0.2, 0.25) is 17.6 Å². The van der Waals surface area contributed by atoms with Crippen LogP contribution in [-0.4, -0.2) is 62.9 Å². The minimum atomic E-state index is -4.52. The van der Waals surface area contributed by atoms with Crippen molar-refractivity contribution in [2.75, 3.05) is 19.6 Å². The van der Waals surface area contributed by atoms with E-state index in [0.29, 0.717) is 43.4 Å². The van der Waals surface area contributed by atoms with Crippen LogP contribution in [0.1, 0.15) is 62.5 Å². The van der Waals surface area contributed by atoms with Gasteiger partial charge in [-0.05, 0) is 49.8 Å². The van der Waals surface area contributed by atoms with Crippen LogP contribution in [-0.2, 0) is 15.8 Å². The third kappa shape index (κ3) is 5.09. The van der Waals surface area contributed by atoms with Crippen LogP contribution < -0.4 is 5.32 Å². The van der Waals surface area contributed by atoms with E-state index in [9.17, 15) is 22.8 Å². The van der Waals surface area contributed by atoms with Gasteiger partial charge in [-0.3, -0.25) is 14.5 Å². The first-order valence-electron chi connectivity index (χ1n) is 14.1. The summed E-state index contributed by atoms with van der Waals surface area (Å²) in [4.78, 5) is 32.6. The maximum atomic E-state index is 14.0. The molecule has 2 aromatic carbocycles. The Balaban J connectivity index is 1.16. The molecule has 0 aliphatic carbocycles. The molecule has 40 heavy (non-hydrogen) atoms. The third-order valence-corrected chi connectivity index (χ3v) is 8.97. The van der Waals surface area contributed by atoms with Crippen LogP contribution >= 0.6 is 0 Å². The molecule has 4 heterocycles. The van der Waals surface area contributed by atoms with Crippen LogP contribution in [0.2, 0.25) is 0 Å². The molecular formula is C30H34F3N5O2. The number of benzene rings is 2. The smallest absolute Gasteiger partial charge is 0.349 e. The Morgan fingerprint density at radius 1 is 0.975 bits per heavy atom. The number of likely N-dealkylation sites (tertiary alicyclic amines) is 1. The van der Waals surface area contributed by atoms with Crippen LogP contribution in [0.3, 0.4) is 0 Å². The Morgan fingerprint density at radius 2 is 1.62 bits per heavy atom. The van der Waals surface area contributed by atoms with E-state index in [4.69, 9.17) is 0 Å². The van der Waals surface area contributed by atoms with Crippen molar-refractivity contribution in [3.8, 4) is 0 Å². The fourth-order valence-electron chi connectivity index (χ4n) is 6.91. The number of carbonyl (C=O) groups excluding carboxylic acids is 2. The summed E-state index contributed by atoms with van der Waals surface area (Å²) in [6.45, 7) is 3.16. The normalized spacial score (nSPS) is 24.2. The van der Waals surface area contributed by atoms with E-state index in [1.165, 1.54) is 11.5 Å². The van der Waals surface area contributed by atoms with E-state index in [0.717, 1.165) is 24.9 Å². The average Bonchev–Trinajstić information content (AvgIpc) is 3.40. The third-order valence-electron chi connectivity index (χ3n) is 8.97. The molecule has 3 aliphatic heterocycles. The number of hydrogen-bond donors (Lipinski definition) is 1. The molecule has 10 heteroatoms. The molecule has 0 saturated carbocycles. The number of halogens is 3. The largest absolute Gasteiger partial charge is 0.449 e. The molecule has 0 radical (unpaired) electrons. The second-order valence-electron chi connectivity index (χ2n) is 11.4. The summed E-state index contributed by atoms with van der Waals surface area (Å²) in [6.07, 6.45) is -0.603. The van der Waals surface area contributed by atoms with Crippen molar-refractivity contribution in [3.63, 3.8) is 0 Å².